The topological polar surface area (TPSA) is 88.2 Å². The van der Waals surface area contributed by atoms with Crippen LogP contribution in [0.3, 0.4) is 0 Å². The minimum atomic E-state index is -0.529. The molecule has 96 valence electrons. The average Bonchev–Trinajstić information content (AvgIpc) is 2.72. The summed E-state index contributed by atoms with van der Waals surface area (Å²) in [4.78, 5) is 15.5. The standard InChI is InChI=1S/C11H19N3O3/c1-3-4-9-13-11(17-14-9)6-5-10(16)12-7-8(2)15/h8,15H,3-7H2,1-2H3,(H,12,16)/t8-/m1/s1. The van der Waals surface area contributed by atoms with Gasteiger partial charge in [0.2, 0.25) is 11.8 Å². The van der Waals surface area contributed by atoms with Crippen molar-refractivity contribution in [3.05, 3.63) is 11.7 Å². The quantitative estimate of drug-likeness (QED) is 0.723. The number of aryl methyl sites for hydroxylation is 2. The Kier molecular flexibility index (Phi) is 5.62. The molecule has 0 aliphatic heterocycles. The van der Waals surface area contributed by atoms with Gasteiger partial charge in [-0.25, -0.2) is 0 Å². The Labute approximate surface area is 100 Å². The molecule has 6 nitrogen and oxygen atoms in total. The maximum Gasteiger partial charge on any atom is 0.227 e. The van der Waals surface area contributed by atoms with Gasteiger partial charge in [-0.2, -0.15) is 4.98 Å². The van der Waals surface area contributed by atoms with Crippen molar-refractivity contribution in [2.24, 2.45) is 0 Å². The summed E-state index contributed by atoms with van der Waals surface area (Å²) in [6, 6.07) is 0. The molecule has 17 heavy (non-hydrogen) atoms. The van der Waals surface area contributed by atoms with Gasteiger partial charge in [-0.05, 0) is 13.3 Å². The average molecular weight is 241 g/mol. The van der Waals surface area contributed by atoms with Crippen molar-refractivity contribution < 1.29 is 14.4 Å². The smallest absolute Gasteiger partial charge is 0.227 e. The van der Waals surface area contributed by atoms with Crippen LogP contribution in [0.2, 0.25) is 0 Å². The van der Waals surface area contributed by atoms with E-state index >= 15 is 0 Å². The number of aliphatic hydroxyl groups is 1. The molecule has 0 aromatic carbocycles. The van der Waals surface area contributed by atoms with E-state index in [1.54, 1.807) is 6.92 Å². The second-order valence-corrected chi connectivity index (χ2v) is 4.01. The zero-order valence-electron chi connectivity index (χ0n) is 10.3. The highest BCUT2D eigenvalue weighted by Gasteiger charge is 2.08. The molecule has 6 heteroatoms. The van der Waals surface area contributed by atoms with Crippen LogP contribution >= 0.6 is 0 Å². The molecule has 0 saturated heterocycles. The van der Waals surface area contributed by atoms with E-state index in [9.17, 15) is 4.79 Å². The summed E-state index contributed by atoms with van der Waals surface area (Å²) in [5, 5.41) is 15.4. The Hall–Kier alpha value is -1.43. The molecule has 0 aliphatic carbocycles. The summed E-state index contributed by atoms with van der Waals surface area (Å²) in [5.41, 5.74) is 0. The molecule has 1 atom stereocenters. The Balaban J connectivity index is 2.26. The van der Waals surface area contributed by atoms with E-state index in [1.807, 2.05) is 6.92 Å². The molecule has 0 fully saturated rings. The first-order valence-corrected chi connectivity index (χ1v) is 5.88. The maximum absolute atomic E-state index is 11.3. The van der Waals surface area contributed by atoms with Crippen molar-refractivity contribution in [3.63, 3.8) is 0 Å². The van der Waals surface area contributed by atoms with Crippen LogP contribution in [-0.4, -0.2) is 33.8 Å². The number of aromatic nitrogens is 2. The fourth-order valence-electron chi connectivity index (χ4n) is 1.29. The predicted octanol–water partition coefficient (Wildman–Crippen LogP) is 0.452. The van der Waals surface area contributed by atoms with E-state index in [-0.39, 0.29) is 12.5 Å². The number of rotatable bonds is 7. The van der Waals surface area contributed by atoms with Crippen molar-refractivity contribution in [3.8, 4) is 0 Å². The van der Waals surface area contributed by atoms with Crippen molar-refractivity contribution in [1.29, 1.82) is 0 Å². The molecule has 1 amide bonds. The van der Waals surface area contributed by atoms with E-state index in [4.69, 9.17) is 9.63 Å². The third kappa shape index (κ3) is 5.44. The lowest BCUT2D eigenvalue weighted by Crippen LogP contribution is -2.30. The van der Waals surface area contributed by atoms with Gasteiger partial charge in [-0.15, -0.1) is 0 Å². The number of hydrogen-bond donors (Lipinski definition) is 2. The van der Waals surface area contributed by atoms with E-state index in [0.717, 1.165) is 12.8 Å². The third-order valence-corrected chi connectivity index (χ3v) is 2.14. The van der Waals surface area contributed by atoms with Crippen LogP contribution in [0.25, 0.3) is 0 Å². The molecule has 0 radical (unpaired) electrons. The summed E-state index contributed by atoms with van der Waals surface area (Å²) in [6.07, 6.45) is 1.95. The van der Waals surface area contributed by atoms with E-state index in [1.165, 1.54) is 0 Å². The van der Waals surface area contributed by atoms with Gasteiger partial charge < -0.3 is 14.9 Å². The van der Waals surface area contributed by atoms with Crippen LogP contribution in [0.4, 0.5) is 0 Å². The number of carbonyl (C=O) groups is 1. The zero-order chi connectivity index (χ0) is 12.7. The number of hydrogen-bond acceptors (Lipinski definition) is 5. The number of amides is 1. The van der Waals surface area contributed by atoms with Gasteiger partial charge >= 0.3 is 0 Å². The van der Waals surface area contributed by atoms with Crippen LogP contribution in [0.15, 0.2) is 4.52 Å². The van der Waals surface area contributed by atoms with E-state index in [2.05, 4.69) is 15.5 Å². The largest absolute Gasteiger partial charge is 0.392 e. The number of nitrogens with one attached hydrogen (secondary N) is 1. The fraction of sp³-hybridized carbons (Fsp3) is 0.727. The van der Waals surface area contributed by atoms with Crippen LogP contribution < -0.4 is 5.32 Å². The summed E-state index contributed by atoms with van der Waals surface area (Å²) < 4.78 is 5.00. The summed E-state index contributed by atoms with van der Waals surface area (Å²) in [7, 11) is 0. The Morgan fingerprint density at radius 1 is 1.53 bits per heavy atom. The maximum atomic E-state index is 11.3. The molecule has 2 N–H and O–H groups in total. The van der Waals surface area contributed by atoms with Gasteiger partial charge in [-0.3, -0.25) is 4.79 Å². The van der Waals surface area contributed by atoms with Crippen LogP contribution in [0.1, 0.15) is 38.4 Å². The number of aliphatic hydroxyl groups excluding tert-OH is 1. The highest BCUT2D eigenvalue weighted by atomic mass is 16.5. The highest BCUT2D eigenvalue weighted by molar-refractivity contribution is 5.75. The third-order valence-electron chi connectivity index (χ3n) is 2.14. The van der Waals surface area contributed by atoms with Crippen molar-refractivity contribution in [2.75, 3.05) is 6.54 Å². The number of nitrogens with zero attached hydrogens (tertiary/aromatic N) is 2. The van der Waals surface area contributed by atoms with Gasteiger partial charge in [0.25, 0.3) is 0 Å². The minimum Gasteiger partial charge on any atom is -0.392 e. The molecular weight excluding hydrogens is 222 g/mol. The van der Waals surface area contributed by atoms with Gasteiger partial charge in [0.05, 0.1) is 6.10 Å². The lowest BCUT2D eigenvalue weighted by atomic mass is 10.3. The Morgan fingerprint density at radius 3 is 2.94 bits per heavy atom. The Morgan fingerprint density at radius 2 is 2.29 bits per heavy atom. The first-order chi connectivity index (χ1) is 8.11. The lowest BCUT2D eigenvalue weighted by molar-refractivity contribution is -0.121. The molecule has 0 bridgehead atoms. The lowest BCUT2D eigenvalue weighted by Gasteiger charge is -2.05. The Bertz CT molecular complexity index is 349. The summed E-state index contributed by atoms with van der Waals surface area (Å²) in [6.45, 7) is 3.93. The van der Waals surface area contributed by atoms with E-state index in [0.29, 0.717) is 24.6 Å². The van der Waals surface area contributed by atoms with Crippen LogP contribution in [-0.2, 0) is 17.6 Å². The van der Waals surface area contributed by atoms with E-state index < -0.39 is 6.10 Å². The molecule has 1 aromatic heterocycles. The molecule has 0 unspecified atom stereocenters. The number of carbonyl (C=O) groups excluding carboxylic acids is 1. The molecular formula is C11H19N3O3. The van der Waals surface area contributed by atoms with Gasteiger partial charge in [0, 0.05) is 25.8 Å². The normalized spacial score (nSPS) is 12.4. The zero-order valence-corrected chi connectivity index (χ0v) is 10.3. The highest BCUT2D eigenvalue weighted by Crippen LogP contribution is 2.02. The summed E-state index contributed by atoms with van der Waals surface area (Å²) in [5.74, 6) is 1.05. The summed E-state index contributed by atoms with van der Waals surface area (Å²) >= 11 is 0. The molecule has 0 saturated carbocycles. The fourth-order valence-corrected chi connectivity index (χ4v) is 1.29. The molecule has 0 spiro atoms. The van der Waals surface area contributed by atoms with Crippen molar-refractivity contribution >= 4 is 5.91 Å². The molecule has 1 rings (SSSR count). The second-order valence-electron chi connectivity index (χ2n) is 4.01. The first-order valence-electron chi connectivity index (χ1n) is 5.88. The molecule has 1 aromatic rings. The van der Waals surface area contributed by atoms with Crippen LogP contribution in [0.5, 0.6) is 0 Å². The van der Waals surface area contributed by atoms with Crippen LogP contribution in [0, 0.1) is 0 Å². The first kappa shape index (κ1) is 13.6. The predicted molar refractivity (Wildman–Crippen MR) is 61.3 cm³/mol. The monoisotopic (exact) mass is 241 g/mol. The van der Waals surface area contributed by atoms with Crippen molar-refractivity contribution in [2.45, 2.75) is 45.6 Å². The molecule has 1 heterocycles. The second kappa shape index (κ2) is 7.01. The van der Waals surface area contributed by atoms with Gasteiger partial charge in [0.1, 0.15) is 0 Å². The van der Waals surface area contributed by atoms with Gasteiger partial charge in [0.15, 0.2) is 5.82 Å². The molecule has 0 aliphatic rings. The SMILES string of the molecule is CCCc1noc(CCC(=O)NC[C@@H](C)O)n1. The minimum absolute atomic E-state index is 0.124. The van der Waals surface area contributed by atoms with Gasteiger partial charge in [-0.1, -0.05) is 12.1 Å². The van der Waals surface area contributed by atoms with Crippen molar-refractivity contribution in [1.82, 2.24) is 15.5 Å².